The summed E-state index contributed by atoms with van der Waals surface area (Å²) in [6.07, 6.45) is 1.54. The van der Waals surface area contributed by atoms with E-state index in [0.717, 1.165) is 17.1 Å². The van der Waals surface area contributed by atoms with Gasteiger partial charge >= 0.3 is 0 Å². The Hall–Kier alpha value is -3.48. The smallest absolute Gasteiger partial charge is 0.255 e. The van der Waals surface area contributed by atoms with E-state index in [1.165, 1.54) is 0 Å². The number of aromatic nitrogens is 3. The Morgan fingerprint density at radius 3 is 2.42 bits per heavy atom. The van der Waals surface area contributed by atoms with Gasteiger partial charge in [0.05, 0.1) is 19.0 Å². The molecule has 0 bridgehead atoms. The fourth-order valence-electron chi connectivity index (χ4n) is 2.43. The molecule has 1 aromatic carbocycles. The van der Waals surface area contributed by atoms with Gasteiger partial charge in [0, 0.05) is 28.7 Å². The molecule has 0 saturated heterocycles. The van der Waals surface area contributed by atoms with E-state index >= 15 is 0 Å². The first kappa shape index (κ1) is 17.3. The predicted octanol–water partition coefficient (Wildman–Crippen LogP) is 3.49. The van der Waals surface area contributed by atoms with Crippen molar-refractivity contribution >= 4 is 23.2 Å². The number of carbonyl (C=O) groups is 1. The summed E-state index contributed by atoms with van der Waals surface area (Å²) < 4.78 is 5.00. The van der Waals surface area contributed by atoms with Gasteiger partial charge in [0.15, 0.2) is 0 Å². The summed E-state index contributed by atoms with van der Waals surface area (Å²) in [7, 11) is 1.54. The zero-order chi connectivity index (χ0) is 18.5. The minimum Gasteiger partial charge on any atom is -0.481 e. The van der Waals surface area contributed by atoms with Crippen LogP contribution in [-0.4, -0.2) is 28.0 Å². The van der Waals surface area contributed by atoms with Crippen LogP contribution in [0.2, 0.25) is 0 Å². The lowest BCUT2D eigenvalue weighted by Crippen LogP contribution is -2.12. The van der Waals surface area contributed by atoms with Gasteiger partial charge in [-0.3, -0.25) is 4.79 Å². The number of carbonyl (C=O) groups excluding carboxylic acids is 1. The number of hydrogen-bond acceptors (Lipinski definition) is 6. The third-order valence-corrected chi connectivity index (χ3v) is 3.57. The van der Waals surface area contributed by atoms with E-state index in [1.54, 1.807) is 43.6 Å². The van der Waals surface area contributed by atoms with E-state index in [1.807, 2.05) is 26.0 Å². The molecule has 2 heterocycles. The van der Waals surface area contributed by atoms with Crippen LogP contribution in [0.25, 0.3) is 0 Å². The van der Waals surface area contributed by atoms with Crippen LogP contribution in [-0.2, 0) is 0 Å². The van der Waals surface area contributed by atoms with Crippen LogP contribution in [0.3, 0.4) is 0 Å². The summed E-state index contributed by atoms with van der Waals surface area (Å²) in [4.78, 5) is 25.2. The van der Waals surface area contributed by atoms with Crippen LogP contribution in [0.5, 0.6) is 5.88 Å². The summed E-state index contributed by atoms with van der Waals surface area (Å²) in [5.41, 5.74) is 3.58. The number of rotatable bonds is 5. The Balaban J connectivity index is 1.74. The summed E-state index contributed by atoms with van der Waals surface area (Å²) in [5, 5.41) is 5.93. The molecule has 0 spiro atoms. The highest BCUT2D eigenvalue weighted by atomic mass is 16.5. The number of anilines is 3. The molecule has 2 aromatic heterocycles. The van der Waals surface area contributed by atoms with E-state index in [4.69, 9.17) is 4.74 Å². The van der Waals surface area contributed by atoms with Crippen LogP contribution in [0, 0.1) is 13.8 Å². The second-order valence-electron chi connectivity index (χ2n) is 5.72. The number of pyridine rings is 1. The van der Waals surface area contributed by atoms with E-state index in [0.29, 0.717) is 23.1 Å². The fraction of sp³-hybridized carbons (Fsp3) is 0.158. The Morgan fingerprint density at radius 2 is 1.77 bits per heavy atom. The summed E-state index contributed by atoms with van der Waals surface area (Å²) in [6.45, 7) is 3.82. The molecule has 2 N–H and O–H groups in total. The van der Waals surface area contributed by atoms with Crippen molar-refractivity contribution in [3.05, 3.63) is 65.6 Å². The summed E-state index contributed by atoms with van der Waals surface area (Å²) in [5.74, 6) is 0.754. The normalized spacial score (nSPS) is 10.3. The van der Waals surface area contributed by atoms with Gasteiger partial charge in [-0.05, 0) is 44.2 Å². The van der Waals surface area contributed by atoms with Crippen molar-refractivity contribution in [3.63, 3.8) is 0 Å². The lowest BCUT2D eigenvalue weighted by molar-refractivity contribution is 0.102. The monoisotopic (exact) mass is 349 g/mol. The number of benzene rings is 1. The average Bonchev–Trinajstić information content (AvgIpc) is 2.61. The molecule has 26 heavy (non-hydrogen) atoms. The van der Waals surface area contributed by atoms with Gasteiger partial charge in [0.25, 0.3) is 5.91 Å². The van der Waals surface area contributed by atoms with Gasteiger partial charge in [0.1, 0.15) is 0 Å². The molecule has 0 radical (unpaired) electrons. The number of ether oxygens (including phenoxy) is 1. The highest BCUT2D eigenvalue weighted by Gasteiger charge is 2.08. The number of nitrogens with zero attached hydrogens (tertiary/aromatic N) is 3. The van der Waals surface area contributed by atoms with Crippen molar-refractivity contribution in [3.8, 4) is 5.88 Å². The van der Waals surface area contributed by atoms with E-state index in [-0.39, 0.29) is 5.91 Å². The molecule has 0 fully saturated rings. The maximum absolute atomic E-state index is 12.5. The molecule has 7 heteroatoms. The van der Waals surface area contributed by atoms with Crippen molar-refractivity contribution in [1.82, 2.24) is 15.0 Å². The minimum atomic E-state index is -0.234. The van der Waals surface area contributed by atoms with E-state index < -0.39 is 0 Å². The number of hydrogen-bond donors (Lipinski definition) is 2. The molecular weight excluding hydrogens is 330 g/mol. The van der Waals surface area contributed by atoms with Gasteiger partial charge in [-0.1, -0.05) is 6.07 Å². The Labute approximate surface area is 151 Å². The van der Waals surface area contributed by atoms with Crippen LogP contribution >= 0.6 is 0 Å². The molecule has 0 saturated carbocycles. The molecule has 0 unspecified atom stereocenters. The second kappa shape index (κ2) is 7.60. The van der Waals surface area contributed by atoms with Crippen molar-refractivity contribution in [1.29, 1.82) is 0 Å². The molecule has 7 nitrogen and oxygen atoms in total. The standard InChI is InChI=1S/C19H19N5O2/c1-12-9-13(2)22-19(21-12)24-15-6-4-5-14(10-15)18(25)23-16-7-8-17(26-3)20-11-16/h4-11H,1-3H3,(H,23,25)(H,21,22,24). The number of nitrogens with one attached hydrogen (secondary N) is 2. The quantitative estimate of drug-likeness (QED) is 0.733. The maximum atomic E-state index is 12.5. The van der Waals surface area contributed by atoms with Crippen molar-refractivity contribution in [2.45, 2.75) is 13.8 Å². The lowest BCUT2D eigenvalue weighted by Gasteiger charge is -2.09. The number of amides is 1. The maximum Gasteiger partial charge on any atom is 0.255 e. The van der Waals surface area contributed by atoms with Crippen LogP contribution in [0.1, 0.15) is 21.7 Å². The summed E-state index contributed by atoms with van der Waals surface area (Å²) in [6, 6.07) is 12.4. The van der Waals surface area contributed by atoms with Gasteiger partial charge in [-0.2, -0.15) is 0 Å². The van der Waals surface area contributed by atoms with Gasteiger partial charge < -0.3 is 15.4 Å². The molecule has 0 aliphatic rings. The molecule has 1 amide bonds. The number of methoxy groups -OCH3 is 1. The minimum absolute atomic E-state index is 0.234. The SMILES string of the molecule is COc1ccc(NC(=O)c2cccc(Nc3nc(C)cc(C)n3)c2)cn1. The van der Waals surface area contributed by atoms with Crippen molar-refractivity contribution in [2.75, 3.05) is 17.7 Å². The van der Waals surface area contributed by atoms with Crippen LogP contribution in [0.4, 0.5) is 17.3 Å². The third-order valence-electron chi connectivity index (χ3n) is 3.57. The summed E-state index contributed by atoms with van der Waals surface area (Å²) >= 11 is 0. The van der Waals surface area contributed by atoms with Crippen LogP contribution in [0.15, 0.2) is 48.7 Å². The second-order valence-corrected chi connectivity index (χ2v) is 5.72. The molecule has 0 atom stereocenters. The van der Waals surface area contributed by atoms with Crippen molar-refractivity contribution in [2.24, 2.45) is 0 Å². The molecule has 0 aliphatic heterocycles. The Morgan fingerprint density at radius 1 is 1.00 bits per heavy atom. The average molecular weight is 349 g/mol. The third kappa shape index (κ3) is 4.32. The zero-order valence-corrected chi connectivity index (χ0v) is 14.8. The zero-order valence-electron chi connectivity index (χ0n) is 14.8. The van der Waals surface area contributed by atoms with Crippen molar-refractivity contribution < 1.29 is 9.53 Å². The van der Waals surface area contributed by atoms with Gasteiger partial charge in [0.2, 0.25) is 11.8 Å². The Bertz CT molecular complexity index is 905. The van der Waals surface area contributed by atoms with E-state index in [9.17, 15) is 4.79 Å². The largest absolute Gasteiger partial charge is 0.481 e. The highest BCUT2D eigenvalue weighted by Crippen LogP contribution is 2.17. The number of aryl methyl sites for hydroxylation is 2. The van der Waals surface area contributed by atoms with E-state index in [2.05, 4.69) is 25.6 Å². The molecule has 3 aromatic rings. The molecular formula is C19H19N5O2. The fourth-order valence-corrected chi connectivity index (χ4v) is 2.43. The Kier molecular flexibility index (Phi) is 5.07. The van der Waals surface area contributed by atoms with Crippen LogP contribution < -0.4 is 15.4 Å². The first-order valence-corrected chi connectivity index (χ1v) is 8.04. The molecule has 3 rings (SSSR count). The van der Waals surface area contributed by atoms with Gasteiger partial charge in [-0.25, -0.2) is 15.0 Å². The van der Waals surface area contributed by atoms with Gasteiger partial charge in [-0.15, -0.1) is 0 Å². The topological polar surface area (TPSA) is 89.0 Å². The molecule has 0 aliphatic carbocycles. The molecule has 132 valence electrons. The highest BCUT2D eigenvalue weighted by molar-refractivity contribution is 6.04. The first-order valence-electron chi connectivity index (χ1n) is 8.04. The first-order chi connectivity index (χ1) is 12.5. The lowest BCUT2D eigenvalue weighted by atomic mass is 10.2. The predicted molar refractivity (Wildman–Crippen MR) is 100.0 cm³/mol.